The maximum absolute atomic E-state index is 12.6. The summed E-state index contributed by atoms with van der Waals surface area (Å²) in [5.74, 6) is 0.471. The van der Waals surface area contributed by atoms with Crippen LogP contribution in [0, 0.1) is 17.2 Å². The summed E-state index contributed by atoms with van der Waals surface area (Å²) in [6.45, 7) is 4.90. The Hall–Kier alpha value is -1.70. The van der Waals surface area contributed by atoms with Crippen LogP contribution in [0.1, 0.15) is 50.7 Å². The third kappa shape index (κ3) is 5.30. The fourth-order valence-corrected chi connectivity index (χ4v) is 2.16. The first kappa shape index (κ1) is 17.4. The second-order valence-corrected chi connectivity index (χ2v) is 5.17. The van der Waals surface area contributed by atoms with Crippen molar-refractivity contribution in [3.63, 3.8) is 0 Å². The minimum Gasteiger partial charge on any atom is -0.384 e. The summed E-state index contributed by atoms with van der Waals surface area (Å²) >= 11 is 0. The molecule has 0 fully saturated rings. The number of halogens is 3. The standard InChI is InChI=1S/C16H21F3N2/c1-3-5-6-12(4-2)11-21-15-8-7-14(16(17,18)19)9-13(15)10-20/h7-9,12,21H,3-6,11H2,1-2H3. The van der Waals surface area contributed by atoms with Crippen molar-refractivity contribution in [3.05, 3.63) is 29.3 Å². The Bertz CT molecular complexity index is 489. The van der Waals surface area contributed by atoms with Gasteiger partial charge in [0.25, 0.3) is 0 Å². The molecule has 0 amide bonds. The minimum absolute atomic E-state index is 0.0372. The summed E-state index contributed by atoms with van der Waals surface area (Å²) < 4.78 is 37.8. The lowest BCUT2D eigenvalue weighted by Gasteiger charge is -2.17. The van der Waals surface area contributed by atoms with Gasteiger partial charge in [-0.3, -0.25) is 0 Å². The molecule has 1 N–H and O–H groups in total. The molecule has 0 spiro atoms. The summed E-state index contributed by atoms with van der Waals surface area (Å²) in [4.78, 5) is 0. The van der Waals surface area contributed by atoms with Gasteiger partial charge in [-0.2, -0.15) is 18.4 Å². The number of anilines is 1. The van der Waals surface area contributed by atoms with Crippen molar-refractivity contribution in [1.82, 2.24) is 0 Å². The van der Waals surface area contributed by atoms with E-state index in [1.807, 2.05) is 6.07 Å². The van der Waals surface area contributed by atoms with Gasteiger partial charge in [0, 0.05) is 6.54 Å². The molecule has 1 rings (SSSR count). The van der Waals surface area contributed by atoms with E-state index in [4.69, 9.17) is 5.26 Å². The number of alkyl halides is 3. The van der Waals surface area contributed by atoms with Crippen LogP contribution < -0.4 is 5.32 Å². The average Bonchev–Trinajstić information content (AvgIpc) is 2.46. The van der Waals surface area contributed by atoms with E-state index in [2.05, 4.69) is 19.2 Å². The number of nitrogens with one attached hydrogen (secondary N) is 1. The molecule has 0 saturated heterocycles. The largest absolute Gasteiger partial charge is 0.416 e. The highest BCUT2D eigenvalue weighted by Crippen LogP contribution is 2.31. The average molecular weight is 298 g/mol. The molecule has 116 valence electrons. The van der Waals surface area contributed by atoms with Gasteiger partial charge in [0.15, 0.2) is 0 Å². The molecule has 0 saturated carbocycles. The van der Waals surface area contributed by atoms with Crippen LogP contribution in [0.2, 0.25) is 0 Å². The third-order valence-corrected chi connectivity index (χ3v) is 3.59. The van der Waals surface area contributed by atoms with Gasteiger partial charge < -0.3 is 5.32 Å². The number of benzene rings is 1. The first-order valence-electron chi connectivity index (χ1n) is 7.27. The molecule has 21 heavy (non-hydrogen) atoms. The van der Waals surface area contributed by atoms with Crippen LogP contribution in [0.3, 0.4) is 0 Å². The van der Waals surface area contributed by atoms with Crippen LogP contribution >= 0.6 is 0 Å². The molecule has 1 atom stereocenters. The Morgan fingerprint density at radius 3 is 2.52 bits per heavy atom. The quantitative estimate of drug-likeness (QED) is 0.750. The van der Waals surface area contributed by atoms with Gasteiger partial charge in [0.05, 0.1) is 16.8 Å². The van der Waals surface area contributed by atoms with Crippen LogP contribution in [-0.2, 0) is 6.18 Å². The lowest BCUT2D eigenvalue weighted by atomic mass is 9.99. The zero-order valence-electron chi connectivity index (χ0n) is 12.4. The predicted octanol–water partition coefficient (Wildman–Crippen LogP) is 5.21. The van der Waals surface area contributed by atoms with Gasteiger partial charge in [-0.15, -0.1) is 0 Å². The van der Waals surface area contributed by atoms with Gasteiger partial charge in [0.1, 0.15) is 6.07 Å². The van der Waals surface area contributed by atoms with Crippen molar-refractivity contribution in [3.8, 4) is 6.07 Å². The van der Waals surface area contributed by atoms with Gasteiger partial charge in [0.2, 0.25) is 0 Å². The van der Waals surface area contributed by atoms with Gasteiger partial charge >= 0.3 is 6.18 Å². The topological polar surface area (TPSA) is 35.8 Å². The zero-order chi connectivity index (χ0) is 15.9. The van der Waals surface area contributed by atoms with E-state index in [1.165, 1.54) is 6.07 Å². The fourth-order valence-electron chi connectivity index (χ4n) is 2.16. The smallest absolute Gasteiger partial charge is 0.384 e. The molecule has 1 aromatic rings. The van der Waals surface area contributed by atoms with Crippen molar-refractivity contribution in [2.24, 2.45) is 5.92 Å². The Kier molecular flexibility index (Phi) is 6.54. The molecule has 1 aromatic carbocycles. The molecule has 0 aliphatic rings. The Balaban J connectivity index is 2.78. The normalized spacial score (nSPS) is 12.8. The van der Waals surface area contributed by atoms with Gasteiger partial charge in [-0.05, 0) is 30.5 Å². The van der Waals surface area contributed by atoms with Crippen molar-refractivity contribution >= 4 is 5.69 Å². The molecule has 0 radical (unpaired) electrons. The van der Waals surface area contributed by atoms with E-state index in [9.17, 15) is 13.2 Å². The second-order valence-electron chi connectivity index (χ2n) is 5.17. The van der Waals surface area contributed by atoms with E-state index in [0.29, 0.717) is 18.2 Å². The Morgan fingerprint density at radius 2 is 2.00 bits per heavy atom. The summed E-state index contributed by atoms with van der Waals surface area (Å²) in [7, 11) is 0. The lowest BCUT2D eigenvalue weighted by Crippen LogP contribution is -2.15. The van der Waals surface area contributed by atoms with E-state index in [1.54, 1.807) is 0 Å². The number of hydrogen-bond acceptors (Lipinski definition) is 2. The Morgan fingerprint density at radius 1 is 1.29 bits per heavy atom. The molecule has 0 aliphatic heterocycles. The van der Waals surface area contributed by atoms with E-state index < -0.39 is 11.7 Å². The molecule has 0 heterocycles. The number of nitriles is 1. The maximum Gasteiger partial charge on any atom is 0.416 e. The Labute approximate surface area is 124 Å². The fraction of sp³-hybridized carbons (Fsp3) is 0.562. The summed E-state index contributed by atoms with van der Waals surface area (Å²) in [5.41, 5.74) is -0.279. The highest BCUT2D eigenvalue weighted by Gasteiger charge is 2.31. The van der Waals surface area contributed by atoms with Crippen LogP contribution in [0.25, 0.3) is 0 Å². The van der Waals surface area contributed by atoms with Crippen LogP contribution in [0.15, 0.2) is 18.2 Å². The van der Waals surface area contributed by atoms with Gasteiger partial charge in [-0.25, -0.2) is 0 Å². The monoisotopic (exact) mass is 298 g/mol. The lowest BCUT2D eigenvalue weighted by molar-refractivity contribution is -0.137. The first-order chi connectivity index (χ1) is 9.92. The van der Waals surface area contributed by atoms with Crippen LogP contribution in [-0.4, -0.2) is 6.54 Å². The summed E-state index contributed by atoms with van der Waals surface area (Å²) in [6.07, 6.45) is -0.0617. The van der Waals surface area contributed by atoms with Crippen molar-refractivity contribution in [2.75, 3.05) is 11.9 Å². The first-order valence-corrected chi connectivity index (χ1v) is 7.27. The number of rotatable bonds is 7. The zero-order valence-corrected chi connectivity index (χ0v) is 12.4. The third-order valence-electron chi connectivity index (χ3n) is 3.59. The molecule has 2 nitrogen and oxygen atoms in total. The molecular weight excluding hydrogens is 277 g/mol. The molecule has 1 unspecified atom stereocenters. The maximum atomic E-state index is 12.6. The van der Waals surface area contributed by atoms with E-state index in [-0.39, 0.29) is 5.56 Å². The minimum atomic E-state index is -4.42. The summed E-state index contributed by atoms with van der Waals surface area (Å²) in [5, 5.41) is 12.1. The summed E-state index contributed by atoms with van der Waals surface area (Å²) in [6, 6.07) is 5.08. The predicted molar refractivity (Wildman–Crippen MR) is 78.0 cm³/mol. The SMILES string of the molecule is CCCCC(CC)CNc1ccc(C(F)(F)F)cc1C#N. The molecule has 5 heteroatoms. The second kappa shape index (κ2) is 7.92. The molecule has 0 aliphatic carbocycles. The highest BCUT2D eigenvalue weighted by molar-refractivity contribution is 5.59. The molecular formula is C16H21F3N2. The van der Waals surface area contributed by atoms with Crippen LogP contribution in [0.4, 0.5) is 18.9 Å². The van der Waals surface area contributed by atoms with E-state index >= 15 is 0 Å². The van der Waals surface area contributed by atoms with E-state index in [0.717, 1.165) is 37.8 Å². The van der Waals surface area contributed by atoms with Gasteiger partial charge in [-0.1, -0.05) is 33.1 Å². The van der Waals surface area contributed by atoms with Crippen molar-refractivity contribution in [2.45, 2.75) is 45.7 Å². The van der Waals surface area contributed by atoms with Crippen molar-refractivity contribution in [1.29, 1.82) is 5.26 Å². The van der Waals surface area contributed by atoms with Crippen LogP contribution in [0.5, 0.6) is 0 Å². The number of unbranched alkanes of at least 4 members (excludes halogenated alkanes) is 1. The highest BCUT2D eigenvalue weighted by atomic mass is 19.4. The molecule has 0 aromatic heterocycles. The number of nitrogens with zero attached hydrogens (tertiary/aromatic N) is 1. The number of hydrogen-bond donors (Lipinski definition) is 1. The molecule has 0 bridgehead atoms. The van der Waals surface area contributed by atoms with Crippen molar-refractivity contribution < 1.29 is 13.2 Å².